The number of hydrogen-bond acceptors (Lipinski definition) is 7. The van der Waals surface area contributed by atoms with E-state index in [4.69, 9.17) is 10.5 Å². The molecule has 8 nitrogen and oxygen atoms in total. The van der Waals surface area contributed by atoms with Gasteiger partial charge in [0.05, 0.1) is 7.11 Å². The Labute approximate surface area is 122 Å². The van der Waals surface area contributed by atoms with Gasteiger partial charge >= 0.3 is 0 Å². The smallest absolute Gasteiger partial charge is 0.215 e. The van der Waals surface area contributed by atoms with Crippen molar-refractivity contribution in [1.29, 1.82) is 0 Å². The average molecular weight is 309 g/mol. The lowest BCUT2D eigenvalue weighted by atomic mass is 10.2. The van der Waals surface area contributed by atoms with E-state index < -0.39 is 10.0 Å². The van der Waals surface area contributed by atoms with Gasteiger partial charge in [-0.2, -0.15) is 9.35 Å². The van der Waals surface area contributed by atoms with E-state index in [1.165, 1.54) is 13.2 Å². The van der Waals surface area contributed by atoms with Gasteiger partial charge < -0.3 is 15.0 Å². The Morgan fingerprint density at radius 2 is 2.00 bits per heavy atom. The highest BCUT2D eigenvalue weighted by Crippen LogP contribution is 2.24. The second kappa shape index (κ2) is 5.62. The molecule has 0 aliphatic carbocycles. The fourth-order valence-electron chi connectivity index (χ4n) is 1.66. The lowest BCUT2D eigenvalue weighted by Gasteiger charge is -2.06. The Hall–Kier alpha value is -2.26. The Kier molecular flexibility index (Phi) is 4.05. The zero-order chi connectivity index (χ0) is 15.6. The van der Waals surface area contributed by atoms with Gasteiger partial charge in [0.25, 0.3) is 0 Å². The highest BCUT2D eigenvalue weighted by atomic mass is 32.2. The van der Waals surface area contributed by atoms with E-state index in [2.05, 4.69) is 19.3 Å². The van der Waals surface area contributed by atoms with Gasteiger partial charge in [0.1, 0.15) is 5.82 Å². The molecule has 0 radical (unpaired) electrons. The van der Waals surface area contributed by atoms with E-state index in [9.17, 15) is 8.76 Å². The summed E-state index contributed by atoms with van der Waals surface area (Å²) in [5.41, 5.74) is 6.89. The number of aryl methyl sites for hydroxylation is 1. The molecular weight excluding hydrogens is 294 g/mol. The van der Waals surface area contributed by atoms with E-state index in [-0.39, 0.29) is 11.6 Å². The summed E-state index contributed by atoms with van der Waals surface area (Å²) >= 11 is 0. The quantitative estimate of drug-likeness (QED) is 0.883. The molecule has 0 saturated heterocycles. The van der Waals surface area contributed by atoms with E-state index in [1.807, 2.05) is 0 Å². The summed E-state index contributed by atoms with van der Waals surface area (Å²) in [7, 11) is -1.82. The van der Waals surface area contributed by atoms with Crippen molar-refractivity contribution >= 4 is 21.6 Å². The molecule has 1 unspecified atom stereocenters. The van der Waals surface area contributed by atoms with Crippen LogP contribution >= 0.6 is 0 Å². The minimum atomic E-state index is -3.29. The van der Waals surface area contributed by atoms with Gasteiger partial charge in [-0.05, 0) is 13.0 Å². The maximum Gasteiger partial charge on any atom is 0.215 e. The summed E-state index contributed by atoms with van der Waals surface area (Å²) < 4.78 is 29.3. The van der Waals surface area contributed by atoms with Crippen LogP contribution in [0.1, 0.15) is 5.69 Å². The van der Waals surface area contributed by atoms with Gasteiger partial charge in [-0.25, -0.2) is 14.2 Å². The van der Waals surface area contributed by atoms with E-state index in [0.29, 0.717) is 23.0 Å². The van der Waals surface area contributed by atoms with Crippen LogP contribution in [-0.4, -0.2) is 37.1 Å². The molecule has 2 heterocycles. The number of methoxy groups -OCH3 is 1. The van der Waals surface area contributed by atoms with Crippen LogP contribution in [0.5, 0.6) is 5.88 Å². The number of nitrogen functional groups attached to an aromatic ring is 1. The summed E-state index contributed by atoms with van der Waals surface area (Å²) in [5.74, 6) is 1.04. The Morgan fingerprint density at radius 1 is 1.29 bits per heavy atom. The number of hydrogen-bond donors (Lipinski definition) is 2. The number of nitrogens with two attached hydrogens (primary N) is 1. The summed E-state index contributed by atoms with van der Waals surface area (Å²) in [4.78, 5) is 12.4. The third-order valence-electron chi connectivity index (χ3n) is 2.39. The highest BCUT2D eigenvalue weighted by Gasteiger charge is 2.09. The number of ether oxygens (including phenoxy) is 1. The van der Waals surface area contributed by atoms with Crippen LogP contribution in [0.15, 0.2) is 22.6 Å². The standard InChI is InChI=1S/C12H15N5O3S/c1-7-4-10(17-21(3,18)19)16-12(14-7)8-5-9(13)15-11(6-8)20-2/h4-6H,1-3H3,(H2,13,15)(H,14,16,17,18,19). The minimum Gasteiger partial charge on any atom is -0.481 e. The molecule has 2 aromatic heterocycles. The SMILES string of the molecule is COc1cc(-c2nc(C)cc(N=S(C)(=O)O)n2)cc(N)n1. The van der Waals surface area contributed by atoms with Crippen molar-refractivity contribution in [2.75, 3.05) is 19.1 Å². The van der Waals surface area contributed by atoms with Crippen LogP contribution < -0.4 is 10.5 Å². The number of aromatic nitrogens is 3. The molecule has 0 fully saturated rings. The highest BCUT2D eigenvalue weighted by molar-refractivity contribution is 7.87. The minimum absolute atomic E-state index is 0.127. The first-order chi connectivity index (χ1) is 9.76. The average Bonchev–Trinajstić information content (AvgIpc) is 2.35. The molecule has 0 aromatic carbocycles. The number of rotatable bonds is 3. The second-order valence-electron chi connectivity index (χ2n) is 4.37. The van der Waals surface area contributed by atoms with Crippen molar-refractivity contribution in [3.8, 4) is 17.3 Å². The third-order valence-corrected chi connectivity index (χ3v) is 2.92. The van der Waals surface area contributed by atoms with Crippen molar-refractivity contribution < 1.29 is 13.5 Å². The summed E-state index contributed by atoms with van der Waals surface area (Å²) in [5, 5.41) is 0. The molecule has 0 amide bonds. The topological polar surface area (TPSA) is 124 Å². The number of anilines is 1. The summed E-state index contributed by atoms with van der Waals surface area (Å²) in [6.45, 7) is 1.74. The van der Waals surface area contributed by atoms with E-state index in [0.717, 1.165) is 6.26 Å². The van der Waals surface area contributed by atoms with Crippen molar-refractivity contribution in [2.24, 2.45) is 4.36 Å². The van der Waals surface area contributed by atoms with Gasteiger partial charge in [0.15, 0.2) is 21.7 Å². The molecule has 0 aliphatic heterocycles. The number of pyridine rings is 1. The predicted molar refractivity (Wildman–Crippen MR) is 79.7 cm³/mol. The molecule has 112 valence electrons. The molecule has 1 atom stereocenters. The molecule has 2 rings (SSSR count). The molecular formula is C12H15N5O3S. The van der Waals surface area contributed by atoms with Crippen molar-refractivity contribution in [3.63, 3.8) is 0 Å². The molecule has 0 aliphatic rings. The normalized spacial score (nSPS) is 13.5. The zero-order valence-corrected chi connectivity index (χ0v) is 12.6. The first kappa shape index (κ1) is 15.1. The fraction of sp³-hybridized carbons (Fsp3) is 0.250. The van der Waals surface area contributed by atoms with E-state index >= 15 is 0 Å². The molecule has 0 bridgehead atoms. The van der Waals surface area contributed by atoms with Crippen LogP contribution in [0.2, 0.25) is 0 Å². The molecule has 0 spiro atoms. The van der Waals surface area contributed by atoms with Crippen molar-refractivity contribution in [2.45, 2.75) is 6.92 Å². The lowest BCUT2D eigenvalue weighted by Crippen LogP contribution is -1.98. The Bertz CT molecular complexity index is 791. The maximum absolute atomic E-state index is 11.3. The predicted octanol–water partition coefficient (Wildman–Crippen LogP) is 1.64. The van der Waals surface area contributed by atoms with Crippen LogP contribution in [0.25, 0.3) is 11.4 Å². The lowest BCUT2D eigenvalue weighted by molar-refractivity contribution is 0.399. The summed E-state index contributed by atoms with van der Waals surface area (Å²) in [6.07, 6.45) is 1.11. The third kappa shape index (κ3) is 4.10. The van der Waals surface area contributed by atoms with Crippen LogP contribution in [-0.2, 0) is 10.0 Å². The van der Waals surface area contributed by atoms with E-state index in [1.54, 1.807) is 19.1 Å². The van der Waals surface area contributed by atoms with Gasteiger partial charge in [-0.1, -0.05) is 0 Å². The van der Waals surface area contributed by atoms with Gasteiger partial charge in [-0.3, -0.25) is 0 Å². The van der Waals surface area contributed by atoms with Crippen molar-refractivity contribution in [1.82, 2.24) is 15.0 Å². The molecule has 0 saturated carbocycles. The Morgan fingerprint density at radius 3 is 2.62 bits per heavy atom. The van der Waals surface area contributed by atoms with Gasteiger partial charge in [0.2, 0.25) is 5.88 Å². The van der Waals surface area contributed by atoms with Gasteiger partial charge in [-0.15, -0.1) is 0 Å². The van der Waals surface area contributed by atoms with Crippen LogP contribution in [0.3, 0.4) is 0 Å². The Balaban J connectivity index is 2.60. The molecule has 21 heavy (non-hydrogen) atoms. The second-order valence-corrected chi connectivity index (χ2v) is 6.08. The van der Waals surface area contributed by atoms with Gasteiger partial charge in [0, 0.05) is 29.6 Å². The first-order valence-electron chi connectivity index (χ1n) is 5.89. The largest absolute Gasteiger partial charge is 0.481 e. The molecule has 3 N–H and O–H groups in total. The molecule has 9 heteroatoms. The number of nitrogens with zero attached hydrogens (tertiary/aromatic N) is 4. The van der Waals surface area contributed by atoms with Crippen molar-refractivity contribution in [3.05, 3.63) is 23.9 Å². The first-order valence-corrected chi connectivity index (χ1v) is 7.77. The zero-order valence-electron chi connectivity index (χ0n) is 11.8. The summed E-state index contributed by atoms with van der Waals surface area (Å²) in [6, 6.07) is 4.73. The monoisotopic (exact) mass is 309 g/mol. The maximum atomic E-state index is 11.3. The van der Waals surface area contributed by atoms with Crippen LogP contribution in [0.4, 0.5) is 11.6 Å². The molecule has 2 aromatic rings. The van der Waals surface area contributed by atoms with Crippen LogP contribution in [0, 0.1) is 6.92 Å². The fourth-order valence-corrected chi connectivity index (χ4v) is 2.10.